The monoisotopic (exact) mass is 395 g/mol. The average molecular weight is 396 g/mol. The first kappa shape index (κ1) is 19.4. The van der Waals surface area contributed by atoms with E-state index < -0.39 is 5.97 Å². The maximum Gasteiger partial charge on any atom is 0.340 e. The van der Waals surface area contributed by atoms with Crippen molar-refractivity contribution < 1.29 is 14.3 Å². The highest BCUT2D eigenvalue weighted by Crippen LogP contribution is 2.22. The molecular weight excluding hydrogens is 378 g/mol. The van der Waals surface area contributed by atoms with E-state index in [-0.39, 0.29) is 12.5 Å². The Kier molecular flexibility index (Phi) is 6.24. The third-order valence-electron chi connectivity index (χ3n) is 3.80. The Morgan fingerprint density at radius 2 is 1.79 bits per heavy atom. The molecule has 0 bridgehead atoms. The van der Waals surface area contributed by atoms with Crippen LogP contribution < -0.4 is 10.6 Å². The van der Waals surface area contributed by atoms with Crippen LogP contribution in [0.25, 0.3) is 0 Å². The SMILES string of the molecule is CCOC(=O)c1ccccc1Nc1cncc(C(=O)Nc2ccc(Cl)cc2)c1. The lowest BCUT2D eigenvalue weighted by molar-refractivity contribution is 0.0527. The van der Waals surface area contributed by atoms with Crippen LogP contribution in [0, 0.1) is 0 Å². The van der Waals surface area contributed by atoms with Gasteiger partial charge in [0.25, 0.3) is 5.91 Å². The van der Waals surface area contributed by atoms with Crippen molar-refractivity contribution in [3.63, 3.8) is 0 Å². The Morgan fingerprint density at radius 1 is 1.04 bits per heavy atom. The van der Waals surface area contributed by atoms with Crippen LogP contribution in [0.4, 0.5) is 17.1 Å². The van der Waals surface area contributed by atoms with Gasteiger partial charge in [0.05, 0.1) is 35.3 Å². The van der Waals surface area contributed by atoms with Crippen LogP contribution in [0.15, 0.2) is 67.0 Å². The molecule has 3 rings (SSSR count). The van der Waals surface area contributed by atoms with Crippen LogP contribution in [0.2, 0.25) is 5.02 Å². The lowest BCUT2D eigenvalue weighted by Crippen LogP contribution is -2.12. The molecule has 1 amide bonds. The third-order valence-corrected chi connectivity index (χ3v) is 4.06. The first-order valence-electron chi connectivity index (χ1n) is 8.62. The van der Waals surface area contributed by atoms with E-state index in [4.69, 9.17) is 16.3 Å². The van der Waals surface area contributed by atoms with E-state index in [2.05, 4.69) is 15.6 Å². The van der Waals surface area contributed by atoms with Crippen LogP contribution in [-0.4, -0.2) is 23.5 Å². The Balaban J connectivity index is 1.78. The Morgan fingerprint density at radius 3 is 2.54 bits per heavy atom. The van der Waals surface area contributed by atoms with Gasteiger partial charge in [0.15, 0.2) is 0 Å². The number of para-hydroxylation sites is 1. The van der Waals surface area contributed by atoms with E-state index in [1.165, 1.54) is 6.20 Å². The zero-order valence-electron chi connectivity index (χ0n) is 15.1. The number of benzene rings is 2. The van der Waals surface area contributed by atoms with Gasteiger partial charge in [0.1, 0.15) is 0 Å². The molecule has 0 aliphatic heterocycles. The van der Waals surface area contributed by atoms with Gasteiger partial charge in [-0.1, -0.05) is 23.7 Å². The molecule has 3 aromatic rings. The third kappa shape index (κ3) is 4.86. The summed E-state index contributed by atoms with van der Waals surface area (Å²) in [6, 6.07) is 15.5. The lowest BCUT2D eigenvalue weighted by Gasteiger charge is -2.12. The second-order valence-electron chi connectivity index (χ2n) is 5.81. The Labute approximate surface area is 167 Å². The molecule has 2 N–H and O–H groups in total. The van der Waals surface area contributed by atoms with E-state index in [1.54, 1.807) is 67.7 Å². The largest absolute Gasteiger partial charge is 0.462 e. The number of ether oxygens (including phenoxy) is 1. The number of nitrogens with one attached hydrogen (secondary N) is 2. The summed E-state index contributed by atoms with van der Waals surface area (Å²) in [6.07, 6.45) is 3.04. The van der Waals surface area contributed by atoms with Crippen molar-refractivity contribution in [3.05, 3.63) is 83.1 Å². The molecule has 0 saturated carbocycles. The number of aromatic nitrogens is 1. The quantitative estimate of drug-likeness (QED) is 0.580. The predicted molar refractivity (Wildman–Crippen MR) is 109 cm³/mol. The van der Waals surface area contributed by atoms with E-state index in [0.717, 1.165) is 0 Å². The summed E-state index contributed by atoms with van der Waals surface area (Å²) in [5.74, 6) is -0.729. The standard InChI is InChI=1S/C21H18ClN3O3/c1-2-28-21(27)18-5-3-4-6-19(18)24-17-11-14(12-23-13-17)20(26)25-16-9-7-15(22)8-10-16/h3-13,24H,2H2,1H3,(H,25,26). The molecule has 6 nitrogen and oxygen atoms in total. The molecule has 2 aromatic carbocycles. The van der Waals surface area contributed by atoms with Crippen molar-refractivity contribution in [2.75, 3.05) is 17.2 Å². The van der Waals surface area contributed by atoms with Gasteiger partial charge in [-0.3, -0.25) is 9.78 Å². The maximum atomic E-state index is 12.5. The van der Waals surface area contributed by atoms with Gasteiger partial charge >= 0.3 is 5.97 Å². The average Bonchev–Trinajstić information content (AvgIpc) is 2.70. The molecule has 1 heterocycles. The number of pyridine rings is 1. The summed E-state index contributed by atoms with van der Waals surface area (Å²) in [6.45, 7) is 2.04. The van der Waals surface area contributed by atoms with Gasteiger partial charge in [-0.25, -0.2) is 4.79 Å². The van der Waals surface area contributed by atoms with Gasteiger partial charge in [-0.05, 0) is 49.4 Å². The highest BCUT2D eigenvalue weighted by Gasteiger charge is 2.13. The molecule has 0 spiro atoms. The smallest absolute Gasteiger partial charge is 0.340 e. The van der Waals surface area contributed by atoms with Gasteiger partial charge in [-0.15, -0.1) is 0 Å². The van der Waals surface area contributed by atoms with E-state index in [1.807, 2.05) is 0 Å². The molecule has 28 heavy (non-hydrogen) atoms. The molecule has 7 heteroatoms. The number of rotatable bonds is 6. The fourth-order valence-corrected chi connectivity index (χ4v) is 2.63. The van der Waals surface area contributed by atoms with Crippen LogP contribution in [0.1, 0.15) is 27.6 Å². The summed E-state index contributed by atoms with van der Waals surface area (Å²) in [4.78, 5) is 28.7. The van der Waals surface area contributed by atoms with Crippen LogP contribution in [0.5, 0.6) is 0 Å². The molecule has 0 fully saturated rings. The molecule has 0 saturated heterocycles. The van der Waals surface area contributed by atoms with Crippen molar-refractivity contribution in [2.45, 2.75) is 6.92 Å². The van der Waals surface area contributed by atoms with Crippen molar-refractivity contribution in [2.24, 2.45) is 0 Å². The molecule has 0 aliphatic carbocycles. The minimum atomic E-state index is -0.421. The fourth-order valence-electron chi connectivity index (χ4n) is 2.50. The number of amides is 1. The fraction of sp³-hybridized carbons (Fsp3) is 0.0952. The van der Waals surface area contributed by atoms with E-state index in [9.17, 15) is 9.59 Å². The highest BCUT2D eigenvalue weighted by atomic mass is 35.5. The molecule has 0 atom stereocenters. The lowest BCUT2D eigenvalue weighted by atomic mass is 10.1. The van der Waals surface area contributed by atoms with Gasteiger partial charge < -0.3 is 15.4 Å². The zero-order chi connectivity index (χ0) is 19.9. The van der Waals surface area contributed by atoms with Gasteiger partial charge in [0.2, 0.25) is 0 Å². The molecular formula is C21H18ClN3O3. The van der Waals surface area contributed by atoms with Crippen LogP contribution in [0.3, 0.4) is 0 Å². The molecule has 0 aliphatic rings. The molecule has 142 valence electrons. The number of hydrogen-bond donors (Lipinski definition) is 2. The number of nitrogens with zero attached hydrogens (tertiary/aromatic N) is 1. The zero-order valence-corrected chi connectivity index (χ0v) is 15.9. The van der Waals surface area contributed by atoms with E-state index >= 15 is 0 Å². The number of hydrogen-bond acceptors (Lipinski definition) is 5. The summed E-state index contributed by atoms with van der Waals surface area (Å²) in [7, 11) is 0. The van der Waals surface area contributed by atoms with Crippen LogP contribution in [-0.2, 0) is 4.74 Å². The van der Waals surface area contributed by atoms with Crippen LogP contribution >= 0.6 is 11.6 Å². The number of halogens is 1. The molecule has 1 aromatic heterocycles. The minimum Gasteiger partial charge on any atom is -0.462 e. The number of carbonyl (C=O) groups excluding carboxylic acids is 2. The maximum absolute atomic E-state index is 12.5. The van der Waals surface area contributed by atoms with Gasteiger partial charge in [-0.2, -0.15) is 0 Å². The number of anilines is 3. The first-order valence-corrected chi connectivity index (χ1v) is 8.99. The summed E-state index contributed by atoms with van der Waals surface area (Å²) >= 11 is 5.85. The number of carbonyl (C=O) groups is 2. The molecule has 0 unspecified atom stereocenters. The summed E-state index contributed by atoms with van der Waals surface area (Å²) in [5, 5.41) is 6.49. The van der Waals surface area contributed by atoms with Crippen molar-refractivity contribution in [3.8, 4) is 0 Å². The van der Waals surface area contributed by atoms with Crippen molar-refractivity contribution >= 4 is 40.5 Å². The normalized spacial score (nSPS) is 10.2. The Hall–Kier alpha value is -3.38. The second kappa shape index (κ2) is 9.01. The topological polar surface area (TPSA) is 80.3 Å². The Bertz CT molecular complexity index is 990. The van der Waals surface area contributed by atoms with Crippen molar-refractivity contribution in [1.29, 1.82) is 0 Å². The summed E-state index contributed by atoms with van der Waals surface area (Å²) in [5.41, 5.74) is 2.54. The second-order valence-corrected chi connectivity index (χ2v) is 6.25. The predicted octanol–water partition coefficient (Wildman–Crippen LogP) is 4.91. The van der Waals surface area contributed by atoms with E-state index in [0.29, 0.717) is 33.2 Å². The summed E-state index contributed by atoms with van der Waals surface area (Å²) < 4.78 is 5.07. The van der Waals surface area contributed by atoms with Crippen molar-refractivity contribution in [1.82, 2.24) is 4.98 Å². The van der Waals surface area contributed by atoms with Gasteiger partial charge in [0, 0.05) is 16.9 Å². The molecule has 0 radical (unpaired) electrons. The number of esters is 1. The highest BCUT2D eigenvalue weighted by molar-refractivity contribution is 6.30. The first-order chi connectivity index (χ1) is 13.6. The minimum absolute atomic E-state index is 0.287.